The molecule has 2 atom stereocenters. The third-order valence-corrected chi connectivity index (χ3v) is 4.38. The number of ether oxygens (including phenoxy) is 1. The van der Waals surface area contributed by atoms with Gasteiger partial charge in [0.2, 0.25) is 0 Å². The first-order valence-electron chi connectivity index (χ1n) is 7.35. The minimum Gasteiger partial charge on any atom is -0.372 e. The van der Waals surface area contributed by atoms with Gasteiger partial charge in [-0.2, -0.15) is 0 Å². The fourth-order valence-corrected chi connectivity index (χ4v) is 3.37. The highest BCUT2D eigenvalue weighted by Gasteiger charge is 2.25. The molecule has 0 bridgehead atoms. The van der Waals surface area contributed by atoms with Crippen LogP contribution in [0.25, 0.3) is 0 Å². The van der Waals surface area contributed by atoms with E-state index >= 15 is 0 Å². The van der Waals surface area contributed by atoms with Crippen molar-refractivity contribution in [3.05, 3.63) is 22.4 Å². The van der Waals surface area contributed by atoms with Crippen molar-refractivity contribution in [1.29, 1.82) is 0 Å². The average molecular weight is 282 g/mol. The number of likely N-dealkylation sites (N-methyl/N-ethyl adjacent to an activating group) is 1. The summed E-state index contributed by atoms with van der Waals surface area (Å²) in [5.74, 6) is 0. The molecule has 1 aliphatic rings. The zero-order valence-corrected chi connectivity index (χ0v) is 12.9. The van der Waals surface area contributed by atoms with E-state index in [0.717, 1.165) is 26.2 Å². The van der Waals surface area contributed by atoms with Crippen LogP contribution in [0, 0.1) is 0 Å². The smallest absolute Gasteiger partial charge is 0.0707 e. The lowest BCUT2D eigenvalue weighted by molar-refractivity contribution is 0.0270. The normalized spacial score (nSPS) is 23.3. The molecule has 1 aromatic rings. The van der Waals surface area contributed by atoms with Gasteiger partial charge in [0.1, 0.15) is 0 Å². The zero-order valence-electron chi connectivity index (χ0n) is 12.1. The Morgan fingerprint density at radius 1 is 1.42 bits per heavy atom. The Balaban J connectivity index is 1.64. The topological polar surface area (TPSA) is 24.5 Å². The Bertz CT molecular complexity index is 342. The molecule has 0 spiro atoms. The summed E-state index contributed by atoms with van der Waals surface area (Å²) in [6, 6.07) is 4.32. The van der Waals surface area contributed by atoms with E-state index in [9.17, 15) is 0 Å². The molecule has 2 unspecified atom stereocenters. The number of nitrogens with one attached hydrogen (secondary N) is 1. The molecule has 0 saturated carbocycles. The van der Waals surface area contributed by atoms with Crippen molar-refractivity contribution in [2.45, 2.75) is 44.9 Å². The van der Waals surface area contributed by atoms with Crippen LogP contribution in [0.5, 0.6) is 0 Å². The van der Waals surface area contributed by atoms with Crippen LogP contribution >= 0.6 is 11.3 Å². The third kappa shape index (κ3) is 5.22. The Morgan fingerprint density at radius 3 is 3.00 bits per heavy atom. The predicted molar refractivity (Wildman–Crippen MR) is 81.7 cm³/mol. The van der Waals surface area contributed by atoms with Gasteiger partial charge in [0.15, 0.2) is 0 Å². The first-order valence-corrected chi connectivity index (χ1v) is 8.23. The number of hydrogen-bond acceptors (Lipinski definition) is 4. The van der Waals surface area contributed by atoms with E-state index < -0.39 is 0 Å². The summed E-state index contributed by atoms with van der Waals surface area (Å²) in [6.07, 6.45) is 4.44. The summed E-state index contributed by atoms with van der Waals surface area (Å²) in [5, 5.41) is 5.59. The molecular weight excluding hydrogens is 256 g/mol. The van der Waals surface area contributed by atoms with Gasteiger partial charge >= 0.3 is 0 Å². The third-order valence-electron chi connectivity index (χ3n) is 3.52. The molecule has 1 aromatic heterocycles. The maximum absolute atomic E-state index is 6.10. The van der Waals surface area contributed by atoms with Gasteiger partial charge in [-0.05, 0) is 44.3 Å². The van der Waals surface area contributed by atoms with E-state index in [1.54, 1.807) is 0 Å². The molecule has 0 amide bonds. The number of hydrogen-bond donors (Lipinski definition) is 1. The highest BCUT2D eigenvalue weighted by atomic mass is 32.1. The standard InChI is InChI=1S/C15H26N2OS/c1-3-8-16-10-13-6-7-14(18-13)11-17(2)12-15-5-4-9-19-15/h4-5,9,13-14,16H,3,6-8,10-12H2,1-2H3. The molecule has 0 radical (unpaired) electrons. The summed E-state index contributed by atoms with van der Waals surface area (Å²) >= 11 is 1.83. The molecule has 1 saturated heterocycles. The fraction of sp³-hybridized carbons (Fsp3) is 0.733. The molecule has 2 heterocycles. The lowest BCUT2D eigenvalue weighted by Gasteiger charge is -2.21. The second kappa shape index (κ2) is 8.00. The predicted octanol–water partition coefficient (Wildman–Crippen LogP) is 2.73. The lowest BCUT2D eigenvalue weighted by Crippen LogP contribution is -2.31. The largest absolute Gasteiger partial charge is 0.372 e. The van der Waals surface area contributed by atoms with E-state index in [-0.39, 0.29) is 0 Å². The van der Waals surface area contributed by atoms with Crippen LogP contribution in [0.15, 0.2) is 17.5 Å². The number of nitrogens with zero attached hydrogens (tertiary/aromatic N) is 1. The van der Waals surface area contributed by atoms with Crippen LogP contribution < -0.4 is 5.32 Å². The summed E-state index contributed by atoms with van der Waals surface area (Å²) in [7, 11) is 2.19. The van der Waals surface area contributed by atoms with Gasteiger partial charge in [-0.3, -0.25) is 4.90 Å². The molecule has 4 heteroatoms. The molecule has 0 aliphatic carbocycles. The van der Waals surface area contributed by atoms with Gasteiger partial charge in [-0.1, -0.05) is 13.0 Å². The van der Waals surface area contributed by atoms with Crippen LogP contribution in [-0.4, -0.2) is 43.8 Å². The Morgan fingerprint density at radius 2 is 2.26 bits per heavy atom. The average Bonchev–Trinajstić information content (AvgIpc) is 3.02. The van der Waals surface area contributed by atoms with Crippen molar-refractivity contribution in [2.24, 2.45) is 0 Å². The highest BCUT2D eigenvalue weighted by molar-refractivity contribution is 7.09. The molecule has 108 valence electrons. The maximum Gasteiger partial charge on any atom is 0.0707 e. The molecule has 2 rings (SSSR count). The van der Waals surface area contributed by atoms with Crippen LogP contribution in [0.3, 0.4) is 0 Å². The van der Waals surface area contributed by atoms with Crippen molar-refractivity contribution >= 4 is 11.3 Å². The fourth-order valence-electron chi connectivity index (χ4n) is 2.59. The molecule has 0 aromatic carbocycles. The van der Waals surface area contributed by atoms with Gasteiger partial charge in [0.25, 0.3) is 0 Å². The zero-order chi connectivity index (χ0) is 13.5. The van der Waals surface area contributed by atoms with Gasteiger partial charge in [-0.25, -0.2) is 0 Å². The van der Waals surface area contributed by atoms with Gasteiger partial charge in [0, 0.05) is 24.5 Å². The van der Waals surface area contributed by atoms with Gasteiger partial charge in [-0.15, -0.1) is 11.3 Å². The van der Waals surface area contributed by atoms with Crippen LogP contribution in [0.4, 0.5) is 0 Å². The quantitative estimate of drug-likeness (QED) is 0.742. The first-order chi connectivity index (χ1) is 9.28. The Labute approximate surface area is 121 Å². The van der Waals surface area contributed by atoms with Crippen molar-refractivity contribution in [1.82, 2.24) is 10.2 Å². The Kier molecular flexibility index (Phi) is 6.31. The minimum atomic E-state index is 0.415. The molecule has 19 heavy (non-hydrogen) atoms. The van der Waals surface area contributed by atoms with Gasteiger partial charge in [0.05, 0.1) is 12.2 Å². The van der Waals surface area contributed by atoms with E-state index in [4.69, 9.17) is 4.74 Å². The summed E-state index contributed by atoms with van der Waals surface area (Å²) in [5.41, 5.74) is 0. The summed E-state index contributed by atoms with van der Waals surface area (Å²) in [4.78, 5) is 3.81. The monoisotopic (exact) mass is 282 g/mol. The molecule has 1 fully saturated rings. The van der Waals surface area contributed by atoms with Crippen molar-refractivity contribution in [3.63, 3.8) is 0 Å². The van der Waals surface area contributed by atoms with E-state index in [2.05, 4.69) is 41.7 Å². The summed E-state index contributed by atoms with van der Waals surface area (Å²) < 4.78 is 6.10. The van der Waals surface area contributed by atoms with E-state index in [1.807, 2.05) is 11.3 Å². The van der Waals surface area contributed by atoms with Crippen molar-refractivity contribution in [3.8, 4) is 0 Å². The Hall–Kier alpha value is -0.420. The lowest BCUT2D eigenvalue weighted by atomic mass is 10.2. The SMILES string of the molecule is CCCNCC1CCC(CN(C)Cc2cccs2)O1. The molecule has 1 N–H and O–H groups in total. The van der Waals surface area contributed by atoms with Crippen LogP contribution in [0.2, 0.25) is 0 Å². The van der Waals surface area contributed by atoms with E-state index in [0.29, 0.717) is 12.2 Å². The molecule has 1 aliphatic heterocycles. The second-order valence-corrected chi connectivity index (χ2v) is 6.47. The van der Waals surface area contributed by atoms with E-state index in [1.165, 1.54) is 24.1 Å². The number of thiophene rings is 1. The second-order valence-electron chi connectivity index (χ2n) is 5.44. The minimum absolute atomic E-state index is 0.415. The van der Waals surface area contributed by atoms with Crippen molar-refractivity contribution < 1.29 is 4.74 Å². The number of rotatable bonds is 8. The first kappa shape index (κ1) is 15.0. The molecule has 3 nitrogen and oxygen atoms in total. The van der Waals surface area contributed by atoms with Crippen molar-refractivity contribution in [2.75, 3.05) is 26.7 Å². The van der Waals surface area contributed by atoms with Crippen LogP contribution in [0.1, 0.15) is 31.1 Å². The molecular formula is C15H26N2OS. The maximum atomic E-state index is 6.10. The van der Waals surface area contributed by atoms with Gasteiger partial charge < -0.3 is 10.1 Å². The highest BCUT2D eigenvalue weighted by Crippen LogP contribution is 2.20. The van der Waals surface area contributed by atoms with Crippen LogP contribution in [-0.2, 0) is 11.3 Å². The summed E-state index contributed by atoms with van der Waals surface area (Å²) in [6.45, 7) is 6.39.